The van der Waals surface area contributed by atoms with Gasteiger partial charge in [-0.05, 0) is 74.0 Å². The molecule has 2 fully saturated rings. The summed E-state index contributed by atoms with van der Waals surface area (Å²) in [4.78, 5) is 28.0. The number of likely N-dealkylation sites (tertiary alicyclic amines) is 1. The molecule has 7 heteroatoms. The fraction of sp³-hybridized carbons (Fsp3) is 0.571. The fourth-order valence-corrected chi connectivity index (χ4v) is 6.29. The highest BCUT2D eigenvalue weighted by atomic mass is 16.5. The molecule has 3 aliphatic rings. The number of carbonyl (C=O) groups is 2. The van der Waals surface area contributed by atoms with Gasteiger partial charge in [0.05, 0.1) is 17.9 Å². The Morgan fingerprint density at radius 2 is 1.86 bits per heavy atom. The Morgan fingerprint density at radius 1 is 1.11 bits per heavy atom. The lowest BCUT2D eigenvalue weighted by atomic mass is 9.58. The van der Waals surface area contributed by atoms with E-state index >= 15 is 0 Å². The summed E-state index contributed by atoms with van der Waals surface area (Å²) in [6.07, 6.45) is 7.97. The Hall–Kier alpha value is -2.38. The monoisotopic (exact) mass is 479 g/mol. The summed E-state index contributed by atoms with van der Waals surface area (Å²) in [7, 11) is -0.926. The molecule has 0 aromatic heterocycles. The maximum Gasteiger partial charge on any atom is 0.455 e. The predicted octanol–water partition coefficient (Wildman–Crippen LogP) is 4.97. The van der Waals surface area contributed by atoms with E-state index in [-0.39, 0.29) is 41.4 Å². The number of carbonyl (C=O) groups excluding carboxylic acids is 2. The number of hydrogen-bond donors (Lipinski definition) is 2. The van der Waals surface area contributed by atoms with E-state index in [0.717, 1.165) is 44.1 Å². The summed E-state index contributed by atoms with van der Waals surface area (Å²) >= 11 is 0. The highest BCUT2D eigenvalue weighted by molar-refractivity contribution is 6.43. The van der Waals surface area contributed by atoms with Crippen LogP contribution in [0.4, 0.5) is 0 Å². The van der Waals surface area contributed by atoms with Gasteiger partial charge in [0.2, 0.25) is 11.8 Å². The van der Waals surface area contributed by atoms with E-state index in [2.05, 4.69) is 19.9 Å². The van der Waals surface area contributed by atoms with E-state index < -0.39 is 7.12 Å². The Bertz CT molecular complexity index is 1000. The molecule has 4 rings (SSSR count). The molecule has 0 radical (unpaired) electrons. The van der Waals surface area contributed by atoms with Crippen molar-refractivity contribution >= 4 is 25.0 Å². The summed E-state index contributed by atoms with van der Waals surface area (Å²) in [6, 6.07) is 7.17. The van der Waals surface area contributed by atoms with Crippen molar-refractivity contribution in [1.82, 2.24) is 4.90 Å². The lowest BCUT2D eigenvalue weighted by Gasteiger charge is -2.43. The van der Waals surface area contributed by atoms with Crippen molar-refractivity contribution in [3.05, 3.63) is 46.5 Å². The molecule has 4 atom stereocenters. The van der Waals surface area contributed by atoms with Crippen molar-refractivity contribution < 1.29 is 24.4 Å². The first kappa shape index (κ1) is 25.7. The Kier molecular flexibility index (Phi) is 8.18. The number of allylic oxidation sites excluding steroid dienone is 2. The minimum atomic E-state index is -0.926. The Labute approximate surface area is 209 Å². The quantitative estimate of drug-likeness (QED) is 0.297. The minimum absolute atomic E-state index is 0.0304. The summed E-state index contributed by atoms with van der Waals surface area (Å²) in [5.74, 6) is -0.640. The third-order valence-corrected chi connectivity index (χ3v) is 7.84. The summed E-state index contributed by atoms with van der Waals surface area (Å²) < 4.78 is 6.11. The molecule has 0 spiro atoms. The van der Waals surface area contributed by atoms with Crippen LogP contribution in [0.5, 0.6) is 5.75 Å². The van der Waals surface area contributed by atoms with Gasteiger partial charge < -0.3 is 14.8 Å². The van der Waals surface area contributed by atoms with Crippen LogP contribution in [-0.4, -0.2) is 46.6 Å². The molecule has 1 aromatic rings. The number of amides is 2. The van der Waals surface area contributed by atoms with E-state index in [1.807, 2.05) is 19.1 Å². The van der Waals surface area contributed by atoms with Gasteiger partial charge in [-0.2, -0.15) is 0 Å². The van der Waals surface area contributed by atoms with Crippen molar-refractivity contribution in [3.8, 4) is 5.75 Å². The number of phenols is 1. The summed E-state index contributed by atoms with van der Waals surface area (Å²) in [5.41, 5.74) is 4.75. The van der Waals surface area contributed by atoms with E-state index in [4.69, 9.17) is 4.65 Å². The van der Waals surface area contributed by atoms with E-state index in [1.54, 1.807) is 12.1 Å². The first-order chi connectivity index (χ1) is 16.9. The van der Waals surface area contributed by atoms with E-state index in [0.29, 0.717) is 19.3 Å². The van der Waals surface area contributed by atoms with Crippen LogP contribution in [-0.2, 0) is 14.2 Å². The highest BCUT2D eigenvalue weighted by Gasteiger charge is 2.56. The normalized spacial score (nSPS) is 26.9. The van der Waals surface area contributed by atoms with Gasteiger partial charge in [0.1, 0.15) is 5.75 Å². The molecule has 0 bridgehead atoms. The number of rotatable bonds is 9. The second-order valence-electron chi connectivity index (χ2n) is 10.2. The van der Waals surface area contributed by atoms with Crippen LogP contribution in [0, 0.1) is 17.8 Å². The zero-order valence-electron chi connectivity index (χ0n) is 21.2. The van der Waals surface area contributed by atoms with Gasteiger partial charge in [0, 0.05) is 6.54 Å². The van der Waals surface area contributed by atoms with Crippen LogP contribution < -0.4 is 0 Å². The maximum absolute atomic E-state index is 13.3. The molecule has 188 valence electrons. The van der Waals surface area contributed by atoms with Gasteiger partial charge >= 0.3 is 7.12 Å². The van der Waals surface area contributed by atoms with Gasteiger partial charge in [0.25, 0.3) is 0 Å². The lowest BCUT2D eigenvalue weighted by molar-refractivity contribution is -0.140. The molecule has 1 aliphatic carbocycles. The zero-order valence-corrected chi connectivity index (χ0v) is 21.2. The maximum atomic E-state index is 13.3. The van der Waals surface area contributed by atoms with Crippen LogP contribution >= 0.6 is 0 Å². The summed E-state index contributed by atoms with van der Waals surface area (Å²) in [5, 5.41) is 20.2. The molecular weight excluding hydrogens is 441 g/mol. The third-order valence-electron chi connectivity index (χ3n) is 7.84. The largest absolute Gasteiger partial charge is 0.508 e. The van der Waals surface area contributed by atoms with Crippen LogP contribution in [0.25, 0.3) is 6.08 Å². The van der Waals surface area contributed by atoms with Gasteiger partial charge in [-0.1, -0.05) is 56.5 Å². The van der Waals surface area contributed by atoms with Crippen LogP contribution in [0.2, 0.25) is 6.32 Å². The highest BCUT2D eigenvalue weighted by Crippen LogP contribution is 2.51. The average molecular weight is 479 g/mol. The molecular formula is C28H38BNO5. The molecule has 1 aromatic carbocycles. The number of aromatic hydroxyl groups is 1. The molecule has 2 amide bonds. The number of fused-ring (bicyclic) bond motifs is 3. The van der Waals surface area contributed by atoms with Crippen molar-refractivity contribution in [2.75, 3.05) is 6.54 Å². The molecule has 2 N–H and O–H groups in total. The molecule has 0 unspecified atom stereocenters. The van der Waals surface area contributed by atoms with Gasteiger partial charge in [-0.3, -0.25) is 14.5 Å². The predicted molar refractivity (Wildman–Crippen MR) is 137 cm³/mol. The first-order valence-electron chi connectivity index (χ1n) is 13.3. The third kappa shape index (κ3) is 5.26. The summed E-state index contributed by atoms with van der Waals surface area (Å²) in [6.45, 7) is 6.73. The van der Waals surface area contributed by atoms with Crippen LogP contribution in [0.3, 0.4) is 0 Å². The van der Waals surface area contributed by atoms with Crippen molar-refractivity contribution in [3.63, 3.8) is 0 Å². The number of imide groups is 1. The van der Waals surface area contributed by atoms with Gasteiger partial charge in [0.15, 0.2) is 0 Å². The van der Waals surface area contributed by atoms with E-state index in [9.17, 15) is 19.7 Å². The number of phenolic OH excluding ortho intramolecular Hbond substituents is 1. The standard InChI is InChI=1S/C28H38BNO5/c1-4-7-20-16-22-26(28(33)30(14-5-2)27(22)32)23-17-29(34)35-24(25(20)23)13-10-18(6-3)15-19-8-11-21(31)12-9-19/h8-9,11-12,15,22-24,26,31,34H,4-7,10,13-14,16-17H2,1-3H3/b18-15+/t22-,23+,24-,26-/m1/s1. The average Bonchev–Trinajstić information content (AvgIpc) is 3.07. The van der Waals surface area contributed by atoms with E-state index in [1.165, 1.54) is 21.6 Å². The minimum Gasteiger partial charge on any atom is -0.508 e. The second-order valence-corrected chi connectivity index (χ2v) is 10.2. The van der Waals surface area contributed by atoms with Crippen molar-refractivity contribution in [2.45, 2.75) is 78.1 Å². The topological polar surface area (TPSA) is 87.1 Å². The van der Waals surface area contributed by atoms with Crippen LogP contribution in [0.15, 0.2) is 41.0 Å². The molecule has 2 saturated heterocycles. The van der Waals surface area contributed by atoms with Crippen molar-refractivity contribution in [2.24, 2.45) is 17.8 Å². The van der Waals surface area contributed by atoms with Crippen molar-refractivity contribution in [1.29, 1.82) is 0 Å². The van der Waals surface area contributed by atoms with Crippen LogP contribution in [0.1, 0.15) is 71.3 Å². The number of hydrogen-bond acceptors (Lipinski definition) is 5. The first-order valence-corrected chi connectivity index (χ1v) is 13.3. The SMILES string of the molecule is CCCC1=C2[C@@H](CC/C(=C/c3ccc(O)cc3)CC)OB(O)C[C@@H]2[C@@H]2C(=O)N(CCC)C(=O)[C@@H]2C1. The molecule has 35 heavy (non-hydrogen) atoms. The van der Waals surface area contributed by atoms with Gasteiger partial charge in [-0.15, -0.1) is 0 Å². The Morgan fingerprint density at radius 3 is 2.51 bits per heavy atom. The number of benzene rings is 1. The molecule has 2 heterocycles. The molecule has 6 nitrogen and oxygen atoms in total. The zero-order chi connectivity index (χ0) is 25.1. The smallest absolute Gasteiger partial charge is 0.455 e. The molecule has 2 aliphatic heterocycles. The fourth-order valence-electron chi connectivity index (χ4n) is 6.29. The van der Waals surface area contributed by atoms with Gasteiger partial charge in [-0.25, -0.2) is 0 Å². The lowest BCUT2D eigenvalue weighted by Crippen LogP contribution is -2.46. The Balaban J connectivity index is 1.60. The molecule has 0 saturated carbocycles. The second kappa shape index (κ2) is 11.1. The number of nitrogens with zero attached hydrogens (tertiary/aromatic N) is 1.